The molecule has 0 amide bonds. The third-order valence-corrected chi connectivity index (χ3v) is 4.57. The van der Waals surface area contributed by atoms with E-state index in [1.165, 1.54) is 12.1 Å². The van der Waals surface area contributed by atoms with Crippen molar-refractivity contribution >= 4 is 31.5 Å². The number of hydrogen-bond donors (Lipinski definition) is 0. The van der Waals surface area contributed by atoms with Crippen LogP contribution in [0, 0.1) is 0 Å². The average Bonchev–Trinajstić information content (AvgIpc) is 3.08. The smallest absolute Gasteiger partial charge is 0.416 e. The predicted octanol–water partition coefficient (Wildman–Crippen LogP) is 6.22. The van der Waals surface area contributed by atoms with E-state index in [0.717, 1.165) is 17.7 Å². The molecule has 0 unspecified atom stereocenters. The van der Waals surface area contributed by atoms with Crippen LogP contribution in [0.25, 0.3) is 10.9 Å². The molecule has 3 aromatic rings. The van der Waals surface area contributed by atoms with Crippen LogP contribution in [0.1, 0.15) is 23.7 Å². The monoisotopic (exact) mass is 436 g/mol. The Bertz CT molecular complexity index is 1040. The highest BCUT2D eigenvalue weighted by atomic mass is 79.9. The zero-order valence-corrected chi connectivity index (χ0v) is 15.3. The summed E-state index contributed by atoms with van der Waals surface area (Å²) in [5, 5.41) is 4.56. The van der Waals surface area contributed by atoms with E-state index >= 15 is 0 Å². The SMILES string of the molecule is FC(F)(F)c1cccc(Oc2cc([C@@H]3CC(Br)=NO3)cc3ncccc23)c1. The summed E-state index contributed by atoms with van der Waals surface area (Å²) < 4.78 is 45.4. The van der Waals surface area contributed by atoms with Gasteiger partial charge in [0.2, 0.25) is 0 Å². The number of hydrogen-bond acceptors (Lipinski definition) is 4. The van der Waals surface area contributed by atoms with Gasteiger partial charge in [-0.05, 0) is 58.4 Å². The number of nitrogens with zero attached hydrogens (tertiary/aromatic N) is 2. The van der Waals surface area contributed by atoms with Crippen LogP contribution in [0.15, 0.2) is 59.9 Å². The molecule has 0 saturated heterocycles. The minimum absolute atomic E-state index is 0.0944. The lowest BCUT2D eigenvalue weighted by atomic mass is 10.0. The second-order valence-electron chi connectivity index (χ2n) is 5.98. The Balaban J connectivity index is 1.74. The summed E-state index contributed by atoms with van der Waals surface area (Å²) in [6, 6.07) is 11.9. The van der Waals surface area contributed by atoms with Crippen LogP contribution in [-0.2, 0) is 11.0 Å². The Morgan fingerprint density at radius 3 is 2.70 bits per heavy atom. The number of rotatable bonds is 3. The molecule has 2 heterocycles. The van der Waals surface area contributed by atoms with Crippen molar-refractivity contribution in [2.75, 3.05) is 0 Å². The summed E-state index contributed by atoms with van der Waals surface area (Å²) in [5.74, 6) is 0.499. The van der Waals surface area contributed by atoms with Crippen LogP contribution < -0.4 is 4.74 Å². The fourth-order valence-electron chi connectivity index (χ4n) is 2.83. The van der Waals surface area contributed by atoms with E-state index in [9.17, 15) is 13.2 Å². The van der Waals surface area contributed by atoms with Crippen LogP contribution in [0.4, 0.5) is 13.2 Å². The summed E-state index contributed by atoms with van der Waals surface area (Å²) in [5.41, 5.74) is 0.667. The summed E-state index contributed by atoms with van der Waals surface area (Å²) >= 11 is 3.30. The summed E-state index contributed by atoms with van der Waals surface area (Å²) in [4.78, 5) is 9.70. The van der Waals surface area contributed by atoms with E-state index in [1.807, 2.05) is 6.07 Å². The van der Waals surface area contributed by atoms with Crippen molar-refractivity contribution in [3.63, 3.8) is 0 Å². The fraction of sp³-hybridized carbons (Fsp3) is 0.158. The molecule has 0 bridgehead atoms. The second kappa shape index (κ2) is 6.84. The highest BCUT2D eigenvalue weighted by molar-refractivity contribution is 9.18. The Morgan fingerprint density at radius 1 is 1.11 bits per heavy atom. The molecule has 0 aliphatic carbocycles. The maximum Gasteiger partial charge on any atom is 0.416 e. The van der Waals surface area contributed by atoms with E-state index < -0.39 is 11.7 Å². The van der Waals surface area contributed by atoms with Crippen molar-refractivity contribution < 1.29 is 22.7 Å². The van der Waals surface area contributed by atoms with Crippen molar-refractivity contribution in [3.8, 4) is 11.5 Å². The maximum atomic E-state index is 13.0. The highest BCUT2D eigenvalue weighted by Gasteiger charge is 2.30. The van der Waals surface area contributed by atoms with Gasteiger partial charge in [-0.2, -0.15) is 13.2 Å². The highest BCUT2D eigenvalue weighted by Crippen LogP contribution is 2.38. The minimum atomic E-state index is -4.44. The van der Waals surface area contributed by atoms with E-state index in [-0.39, 0.29) is 11.9 Å². The van der Waals surface area contributed by atoms with Gasteiger partial charge in [0, 0.05) is 23.6 Å². The largest absolute Gasteiger partial charge is 0.457 e. The van der Waals surface area contributed by atoms with Gasteiger partial charge in [-0.3, -0.25) is 4.98 Å². The van der Waals surface area contributed by atoms with Gasteiger partial charge in [-0.1, -0.05) is 11.2 Å². The zero-order chi connectivity index (χ0) is 19.0. The molecular weight excluding hydrogens is 425 g/mol. The number of pyridine rings is 1. The first-order valence-electron chi connectivity index (χ1n) is 8.02. The molecule has 1 aliphatic heterocycles. The normalized spacial score (nSPS) is 16.9. The second-order valence-corrected chi connectivity index (χ2v) is 6.90. The van der Waals surface area contributed by atoms with Crippen molar-refractivity contribution in [2.45, 2.75) is 18.7 Å². The minimum Gasteiger partial charge on any atom is -0.457 e. The number of oxime groups is 1. The summed E-state index contributed by atoms with van der Waals surface area (Å²) in [7, 11) is 0. The Morgan fingerprint density at radius 2 is 1.96 bits per heavy atom. The van der Waals surface area contributed by atoms with Crippen LogP contribution >= 0.6 is 15.9 Å². The molecule has 4 rings (SSSR count). The van der Waals surface area contributed by atoms with Crippen LogP contribution in [0.2, 0.25) is 0 Å². The third kappa shape index (κ3) is 3.75. The Hall–Kier alpha value is -2.61. The van der Waals surface area contributed by atoms with Gasteiger partial charge in [0.15, 0.2) is 6.10 Å². The molecule has 0 radical (unpaired) electrons. The lowest BCUT2D eigenvalue weighted by molar-refractivity contribution is -0.137. The molecule has 27 heavy (non-hydrogen) atoms. The molecule has 1 aromatic heterocycles. The van der Waals surface area contributed by atoms with E-state index in [1.54, 1.807) is 24.4 Å². The summed E-state index contributed by atoms with van der Waals surface area (Å²) in [6.07, 6.45) is -2.55. The van der Waals surface area contributed by atoms with Gasteiger partial charge >= 0.3 is 6.18 Å². The van der Waals surface area contributed by atoms with Gasteiger partial charge in [0.05, 0.1) is 11.1 Å². The van der Waals surface area contributed by atoms with E-state index in [2.05, 4.69) is 26.1 Å². The lowest BCUT2D eigenvalue weighted by Gasteiger charge is -2.15. The number of benzene rings is 2. The molecule has 0 fully saturated rings. The molecule has 0 saturated carbocycles. The fourth-order valence-corrected chi connectivity index (χ4v) is 3.21. The van der Waals surface area contributed by atoms with Gasteiger partial charge in [0.25, 0.3) is 0 Å². The quantitative estimate of drug-likeness (QED) is 0.489. The molecular formula is C19H12BrF3N2O2. The molecule has 138 valence electrons. The van der Waals surface area contributed by atoms with E-state index in [0.29, 0.717) is 27.7 Å². The third-order valence-electron chi connectivity index (χ3n) is 4.10. The van der Waals surface area contributed by atoms with Gasteiger partial charge in [-0.25, -0.2) is 0 Å². The Labute approximate surface area is 160 Å². The maximum absolute atomic E-state index is 13.0. The van der Waals surface area contributed by atoms with Gasteiger partial charge < -0.3 is 9.57 Å². The van der Waals surface area contributed by atoms with Gasteiger partial charge in [0.1, 0.15) is 16.1 Å². The van der Waals surface area contributed by atoms with Crippen LogP contribution in [0.5, 0.6) is 11.5 Å². The average molecular weight is 437 g/mol. The first kappa shape index (κ1) is 17.8. The van der Waals surface area contributed by atoms with E-state index in [4.69, 9.17) is 9.57 Å². The van der Waals surface area contributed by atoms with Crippen molar-refractivity contribution in [2.24, 2.45) is 5.16 Å². The van der Waals surface area contributed by atoms with Crippen molar-refractivity contribution in [3.05, 3.63) is 65.9 Å². The molecule has 8 heteroatoms. The van der Waals surface area contributed by atoms with Crippen LogP contribution in [0.3, 0.4) is 0 Å². The Kier molecular flexibility index (Phi) is 4.51. The lowest BCUT2D eigenvalue weighted by Crippen LogP contribution is -2.04. The summed E-state index contributed by atoms with van der Waals surface area (Å²) in [6.45, 7) is 0. The standard InChI is InChI=1S/C19H12BrF3N2O2/c20-18-10-16(27-25-18)11-7-15-14(5-2-6-24-15)17(8-11)26-13-4-1-3-12(9-13)19(21,22)23/h1-9,16H,10H2/t16-/m0/s1. The topological polar surface area (TPSA) is 43.7 Å². The molecule has 1 aliphatic rings. The molecule has 1 atom stereocenters. The number of fused-ring (bicyclic) bond motifs is 1. The first-order chi connectivity index (χ1) is 12.9. The molecule has 2 aromatic carbocycles. The van der Waals surface area contributed by atoms with Gasteiger partial charge in [-0.15, -0.1) is 0 Å². The zero-order valence-electron chi connectivity index (χ0n) is 13.7. The number of alkyl halides is 3. The molecule has 0 spiro atoms. The molecule has 0 N–H and O–H groups in total. The predicted molar refractivity (Wildman–Crippen MR) is 98.1 cm³/mol. The number of aromatic nitrogens is 1. The van der Waals surface area contributed by atoms with Crippen LogP contribution in [-0.4, -0.2) is 9.60 Å². The molecule has 4 nitrogen and oxygen atoms in total. The number of ether oxygens (including phenoxy) is 1. The van der Waals surface area contributed by atoms with Crippen molar-refractivity contribution in [1.29, 1.82) is 0 Å². The number of halogens is 4. The first-order valence-corrected chi connectivity index (χ1v) is 8.81. The van der Waals surface area contributed by atoms with Crippen molar-refractivity contribution in [1.82, 2.24) is 4.98 Å².